The molecule has 0 spiro atoms. The smallest absolute Gasteiger partial charge is 0.157 e. The molecule has 1 fully saturated rings. The van der Waals surface area contributed by atoms with E-state index >= 15 is 0 Å². The molecular weight excluding hydrogens is 272 g/mol. The van der Waals surface area contributed by atoms with Gasteiger partial charge in [0.25, 0.3) is 0 Å². The van der Waals surface area contributed by atoms with Gasteiger partial charge in [0.2, 0.25) is 0 Å². The lowest BCUT2D eigenvalue weighted by molar-refractivity contribution is 0.375. The first-order valence-electron chi connectivity index (χ1n) is 7.57. The van der Waals surface area contributed by atoms with Crippen molar-refractivity contribution < 1.29 is 0 Å². The first-order valence-corrected chi connectivity index (χ1v) is 9.50. The first kappa shape index (κ1) is 15.6. The zero-order valence-electron chi connectivity index (χ0n) is 12.7. The van der Waals surface area contributed by atoms with Crippen LogP contribution < -0.4 is 5.32 Å². The van der Waals surface area contributed by atoms with Crippen LogP contribution in [0.1, 0.15) is 53.4 Å². The Kier molecular flexibility index (Phi) is 5.53. The molecule has 3 atom stereocenters. The van der Waals surface area contributed by atoms with E-state index in [0.29, 0.717) is 16.7 Å². The van der Waals surface area contributed by atoms with Crippen molar-refractivity contribution in [2.45, 2.75) is 69.9 Å². The van der Waals surface area contributed by atoms with Crippen molar-refractivity contribution in [2.24, 2.45) is 10.4 Å². The van der Waals surface area contributed by atoms with E-state index in [-0.39, 0.29) is 0 Å². The Morgan fingerprint density at radius 3 is 2.84 bits per heavy atom. The van der Waals surface area contributed by atoms with Crippen LogP contribution in [0.4, 0.5) is 0 Å². The lowest BCUT2D eigenvalue weighted by Crippen LogP contribution is -2.37. The summed E-state index contributed by atoms with van der Waals surface area (Å²) in [5.74, 6) is 1.23. The van der Waals surface area contributed by atoms with Crippen LogP contribution >= 0.6 is 23.5 Å². The highest BCUT2D eigenvalue weighted by atomic mass is 32.2. The van der Waals surface area contributed by atoms with Gasteiger partial charge in [-0.2, -0.15) is 11.8 Å². The predicted octanol–water partition coefficient (Wildman–Crippen LogP) is 4.16. The van der Waals surface area contributed by atoms with Crippen molar-refractivity contribution in [3.63, 3.8) is 0 Å². The molecule has 1 N–H and O–H groups in total. The van der Waals surface area contributed by atoms with Crippen LogP contribution in [0.5, 0.6) is 0 Å². The SMILES string of the molecule is CCSC1CCCC1NC1=NCC(CC(C)(C)C)S1. The molecule has 1 aliphatic heterocycles. The van der Waals surface area contributed by atoms with Crippen LogP contribution in [0.15, 0.2) is 4.99 Å². The van der Waals surface area contributed by atoms with E-state index in [1.807, 2.05) is 11.8 Å². The summed E-state index contributed by atoms with van der Waals surface area (Å²) >= 11 is 4.09. The predicted molar refractivity (Wildman–Crippen MR) is 90.4 cm³/mol. The zero-order chi connectivity index (χ0) is 13.9. The van der Waals surface area contributed by atoms with Crippen molar-refractivity contribution in [3.05, 3.63) is 0 Å². The third-order valence-corrected chi connectivity index (χ3v) is 6.14. The number of aliphatic imine (C=N–C) groups is 1. The Hall–Kier alpha value is 0.170. The van der Waals surface area contributed by atoms with Gasteiger partial charge in [-0.15, -0.1) is 0 Å². The molecule has 19 heavy (non-hydrogen) atoms. The Bertz CT molecular complexity index is 323. The Labute approximate surface area is 127 Å². The van der Waals surface area contributed by atoms with Gasteiger partial charge in [-0.25, -0.2) is 0 Å². The minimum atomic E-state index is 0.413. The minimum Gasteiger partial charge on any atom is -0.361 e. The summed E-state index contributed by atoms with van der Waals surface area (Å²) in [5.41, 5.74) is 0.413. The fourth-order valence-electron chi connectivity index (χ4n) is 2.95. The van der Waals surface area contributed by atoms with Crippen LogP contribution in [0.25, 0.3) is 0 Å². The lowest BCUT2D eigenvalue weighted by Gasteiger charge is -2.23. The number of rotatable bonds is 4. The molecule has 0 amide bonds. The lowest BCUT2D eigenvalue weighted by atomic mass is 9.90. The number of nitrogens with zero attached hydrogens (tertiary/aromatic N) is 1. The van der Waals surface area contributed by atoms with Gasteiger partial charge in [0.05, 0.1) is 6.54 Å². The quantitative estimate of drug-likeness (QED) is 0.844. The molecule has 1 aliphatic carbocycles. The van der Waals surface area contributed by atoms with Crippen LogP contribution in [-0.2, 0) is 0 Å². The van der Waals surface area contributed by atoms with E-state index < -0.39 is 0 Å². The highest BCUT2D eigenvalue weighted by Crippen LogP contribution is 2.34. The maximum atomic E-state index is 4.72. The second-order valence-electron chi connectivity index (χ2n) is 6.83. The number of nitrogens with one attached hydrogen (secondary N) is 1. The molecule has 110 valence electrons. The molecule has 0 radical (unpaired) electrons. The number of hydrogen-bond acceptors (Lipinski definition) is 4. The number of amidine groups is 1. The van der Waals surface area contributed by atoms with Gasteiger partial charge in [0.15, 0.2) is 5.17 Å². The van der Waals surface area contributed by atoms with Crippen molar-refractivity contribution in [1.29, 1.82) is 0 Å². The molecule has 0 aromatic rings. The summed E-state index contributed by atoms with van der Waals surface area (Å²) in [6.45, 7) is 10.2. The van der Waals surface area contributed by atoms with Gasteiger partial charge in [0, 0.05) is 16.5 Å². The third-order valence-electron chi connectivity index (χ3n) is 3.70. The average Bonchev–Trinajstić information content (AvgIpc) is 2.88. The number of thioether (sulfide) groups is 2. The minimum absolute atomic E-state index is 0.413. The monoisotopic (exact) mass is 300 g/mol. The summed E-state index contributed by atoms with van der Waals surface area (Å²) in [7, 11) is 0. The summed E-state index contributed by atoms with van der Waals surface area (Å²) in [5, 5.41) is 6.41. The molecule has 0 saturated heterocycles. The molecular formula is C15H28N2S2. The standard InChI is InChI=1S/C15H28N2S2/c1-5-18-13-8-6-7-12(13)17-14-16-10-11(19-14)9-15(2,3)4/h11-13H,5-10H2,1-4H3,(H,16,17). The molecule has 2 nitrogen and oxygen atoms in total. The summed E-state index contributed by atoms with van der Waals surface area (Å²) in [6, 6.07) is 0.657. The second-order valence-corrected chi connectivity index (χ2v) is 9.63. The average molecular weight is 301 g/mol. The van der Waals surface area contributed by atoms with Crippen molar-refractivity contribution in [3.8, 4) is 0 Å². The summed E-state index contributed by atoms with van der Waals surface area (Å²) in [4.78, 5) is 4.72. The van der Waals surface area contributed by atoms with Crippen LogP contribution in [0, 0.1) is 5.41 Å². The molecule has 1 saturated carbocycles. The highest BCUT2D eigenvalue weighted by Gasteiger charge is 2.31. The Morgan fingerprint density at radius 1 is 1.37 bits per heavy atom. The summed E-state index contributed by atoms with van der Waals surface area (Å²) < 4.78 is 0. The van der Waals surface area contributed by atoms with E-state index in [1.165, 1.54) is 36.6 Å². The molecule has 0 aromatic carbocycles. The molecule has 2 rings (SSSR count). The fraction of sp³-hybridized carbons (Fsp3) is 0.933. The second kappa shape index (κ2) is 6.75. The largest absolute Gasteiger partial charge is 0.361 e. The van der Waals surface area contributed by atoms with Gasteiger partial charge < -0.3 is 5.32 Å². The normalized spacial score (nSPS) is 31.6. The topological polar surface area (TPSA) is 24.4 Å². The Balaban J connectivity index is 1.78. The third kappa shape index (κ3) is 4.89. The van der Waals surface area contributed by atoms with E-state index in [4.69, 9.17) is 4.99 Å². The van der Waals surface area contributed by atoms with Gasteiger partial charge >= 0.3 is 0 Å². The molecule has 0 aromatic heterocycles. The van der Waals surface area contributed by atoms with Gasteiger partial charge in [-0.05, 0) is 30.4 Å². The maximum Gasteiger partial charge on any atom is 0.157 e. The number of hydrogen-bond donors (Lipinski definition) is 1. The van der Waals surface area contributed by atoms with Gasteiger partial charge in [-0.1, -0.05) is 45.9 Å². The Morgan fingerprint density at radius 2 is 2.16 bits per heavy atom. The summed E-state index contributed by atoms with van der Waals surface area (Å²) in [6.07, 6.45) is 5.32. The van der Waals surface area contributed by atoms with Crippen LogP contribution in [-0.4, -0.2) is 34.0 Å². The van der Waals surface area contributed by atoms with Crippen molar-refractivity contribution in [2.75, 3.05) is 12.3 Å². The van der Waals surface area contributed by atoms with Crippen LogP contribution in [0.3, 0.4) is 0 Å². The fourth-order valence-corrected chi connectivity index (χ4v) is 5.56. The molecule has 4 heteroatoms. The zero-order valence-corrected chi connectivity index (χ0v) is 14.4. The van der Waals surface area contributed by atoms with Crippen molar-refractivity contribution in [1.82, 2.24) is 5.32 Å². The molecule has 1 heterocycles. The molecule has 0 bridgehead atoms. The van der Waals surface area contributed by atoms with E-state index in [2.05, 4.69) is 44.8 Å². The molecule has 2 aliphatic rings. The van der Waals surface area contributed by atoms with E-state index in [1.54, 1.807) is 0 Å². The van der Waals surface area contributed by atoms with E-state index in [0.717, 1.165) is 11.8 Å². The van der Waals surface area contributed by atoms with Crippen LogP contribution in [0.2, 0.25) is 0 Å². The molecule has 3 unspecified atom stereocenters. The highest BCUT2D eigenvalue weighted by molar-refractivity contribution is 8.14. The van der Waals surface area contributed by atoms with Crippen molar-refractivity contribution >= 4 is 28.7 Å². The van der Waals surface area contributed by atoms with E-state index in [9.17, 15) is 0 Å². The maximum absolute atomic E-state index is 4.72. The first-order chi connectivity index (χ1) is 8.98. The van der Waals surface area contributed by atoms with Gasteiger partial charge in [-0.3, -0.25) is 4.99 Å². The van der Waals surface area contributed by atoms with Gasteiger partial charge in [0.1, 0.15) is 0 Å².